The number of nitrogens with zero attached hydrogens (tertiary/aromatic N) is 1. The Bertz CT molecular complexity index is 864. The molecule has 1 N–H and O–H groups in total. The number of hydrogen-bond donors (Lipinski definition) is 1. The molecule has 3 aliphatic rings. The number of non-ortho nitro benzene ring substituents is 1. The molecule has 26 heavy (non-hydrogen) atoms. The van der Waals surface area contributed by atoms with Crippen molar-refractivity contribution in [2.24, 2.45) is 17.8 Å². The van der Waals surface area contributed by atoms with Crippen molar-refractivity contribution in [3.05, 3.63) is 63.7 Å². The topological polar surface area (TPSA) is 64.4 Å². The van der Waals surface area contributed by atoms with Gasteiger partial charge in [0, 0.05) is 17.8 Å². The van der Waals surface area contributed by atoms with Crippen LogP contribution < -0.4 is 10.1 Å². The second-order valence-corrected chi connectivity index (χ2v) is 7.86. The molecule has 0 unspecified atom stereocenters. The zero-order valence-corrected chi connectivity index (χ0v) is 14.7. The molecule has 0 saturated heterocycles. The molecule has 0 aromatic heterocycles. The molecule has 134 valence electrons. The molecular formula is C21H22N2O3. The van der Waals surface area contributed by atoms with Crippen LogP contribution in [0.3, 0.4) is 0 Å². The number of nitro benzene ring substituents is 1. The van der Waals surface area contributed by atoms with Crippen molar-refractivity contribution < 1.29 is 9.66 Å². The van der Waals surface area contributed by atoms with Crippen molar-refractivity contribution in [1.29, 1.82) is 0 Å². The smallest absolute Gasteiger partial charge is 0.269 e. The molecule has 5 nitrogen and oxygen atoms in total. The molecule has 5 heteroatoms. The van der Waals surface area contributed by atoms with Gasteiger partial charge in [-0.15, -0.1) is 0 Å². The molecule has 0 amide bonds. The standard InChI is InChI=1S/C21H22N2O3/c1-26-16-7-4-12(5-8-16)21-20-14-3-2-13(10-14)19(20)17-11-15(23(24)25)6-9-18(17)22-21/h4-9,11,13-14,19-22H,2-3,10H2,1H3/t13-,14-,19+,20+,21-/m0/s1. The molecule has 2 aromatic carbocycles. The highest BCUT2D eigenvalue weighted by atomic mass is 16.6. The van der Waals surface area contributed by atoms with Gasteiger partial charge in [-0.3, -0.25) is 10.1 Å². The third-order valence-corrected chi connectivity index (χ3v) is 6.76. The predicted molar refractivity (Wildman–Crippen MR) is 99.5 cm³/mol. The van der Waals surface area contributed by atoms with E-state index in [1.165, 1.54) is 24.8 Å². The normalized spacial score (nSPS) is 31.0. The summed E-state index contributed by atoms with van der Waals surface area (Å²) in [6, 6.07) is 13.9. The van der Waals surface area contributed by atoms with Gasteiger partial charge in [0.15, 0.2) is 0 Å². The maximum atomic E-state index is 11.3. The molecule has 2 saturated carbocycles. The molecule has 1 heterocycles. The highest BCUT2D eigenvalue weighted by Crippen LogP contribution is 2.63. The van der Waals surface area contributed by atoms with E-state index in [1.807, 2.05) is 24.3 Å². The lowest BCUT2D eigenvalue weighted by Gasteiger charge is -2.43. The molecule has 0 spiro atoms. The Balaban J connectivity index is 1.59. The van der Waals surface area contributed by atoms with Crippen molar-refractivity contribution in [1.82, 2.24) is 0 Å². The summed E-state index contributed by atoms with van der Waals surface area (Å²) in [5.74, 6) is 3.17. The minimum Gasteiger partial charge on any atom is -0.497 e. The highest BCUT2D eigenvalue weighted by molar-refractivity contribution is 5.62. The van der Waals surface area contributed by atoms with Crippen LogP contribution in [-0.2, 0) is 0 Å². The summed E-state index contributed by atoms with van der Waals surface area (Å²) in [5.41, 5.74) is 3.69. The Morgan fingerprint density at radius 1 is 1.12 bits per heavy atom. The molecule has 0 radical (unpaired) electrons. The summed E-state index contributed by atoms with van der Waals surface area (Å²) in [5, 5.41) is 15.0. The van der Waals surface area contributed by atoms with E-state index in [9.17, 15) is 10.1 Å². The highest BCUT2D eigenvalue weighted by Gasteiger charge is 2.54. The number of rotatable bonds is 3. The third kappa shape index (κ3) is 2.23. The van der Waals surface area contributed by atoms with Gasteiger partial charge in [0.25, 0.3) is 5.69 Å². The fourth-order valence-electron chi connectivity index (χ4n) is 5.73. The molecule has 2 bridgehead atoms. The van der Waals surface area contributed by atoms with E-state index in [1.54, 1.807) is 13.2 Å². The summed E-state index contributed by atoms with van der Waals surface area (Å²) in [7, 11) is 1.68. The Kier molecular flexibility index (Phi) is 3.45. The molecule has 1 aliphatic heterocycles. The molecule has 2 aromatic rings. The largest absolute Gasteiger partial charge is 0.497 e. The van der Waals surface area contributed by atoms with Crippen molar-refractivity contribution in [3.8, 4) is 5.75 Å². The van der Waals surface area contributed by atoms with Crippen LogP contribution in [0.15, 0.2) is 42.5 Å². The molecule has 5 rings (SSSR count). The predicted octanol–water partition coefficient (Wildman–Crippen LogP) is 4.90. The van der Waals surface area contributed by atoms with Crippen molar-refractivity contribution in [2.75, 3.05) is 12.4 Å². The van der Waals surface area contributed by atoms with Crippen LogP contribution in [0.1, 0.15) is 42.3 Å². The van der Waals surface area contributed by atoms with E-state index in [-0.39, 0.29) is 16.7 Å². The van der Waals surface area contributed by atoms with Gasteiger partial charge < -0.3 is 10.1 Å². The van der Waals surface area contributed by atoms with E-state index in [0.717, 1.165) is 17.0 Å². The summed E-state index contributed by atoms with van der Waals surface area (Å²) in [6.45, 7) is 0. The number of hydrogen-bond acceptors (Lipinski definition) is 4. The first kappa shape index (κ1) is 15.7. The first-order chi connectivity index (χ1) is 12.7. The van der Waals surface area contributed by atoms with Crippen LogP contribution in [0.4, 0.5) is 11.4 Å². The Morgan fingerprint density at radius 3 is 2.62 bits per heavy atom. The minimum absolute atomic E-state index is 0.204. The van der Waals surface area contributed by atoms with E-state index in [4.69, 9.17) is 4.74 Å². The van der Waals surface area contributed by atoms with E-state index >= 15 is 0 Å². The number of nitro groups is 1. The Labute approximate surface area is 152 Å². The monoisotopic (exact) mass is 350 g/mol. The fraction of sp³-hybridized carbons (Fsp3) is 0.429. The van der Waals surface area contributed by atoms with E-state index < -0.39 is 0 Å². The van der Waals surface area contributed by atoms with Crippen LogP contribution in [-0.4, -0.2) is 12.0 Å². The van der Waals surface area contributed by atoms with E-state index in [0.29, 0.717) is 23.7 Å². The van der Waals surface area contributed by atoms with Gasteiger partial charge in [0.1, 0.15) is 5.75 Å². The van der Waals surface area contributed by atoms with Gasteiger partial charge >= 0.3 is 0 Å². The number of fused-ring (bicyclic) bond motifs is 7. The maximum Gasteiger partial charge on any atom is 0.269 e. The van der Waals surface area contributed by atoms with Gasteiger partial charge in [0.2, 0.25) is 0 Å². The second kappa shape index (κ2) is 5.73. The number of nitrogens with one attached hydrogen (secondary N) is 1. The van der Waals surface area contributed by atoms with Crippen molar-refractivity contribution in [2.45, 2.75) is 31.2 Å². The van der Waals surface area contributed by atoms with Gasteiger partial charge in [-0.05, 0) is 72.3 Å². The lowest BCUT2D eigenvalue weighted by atomic mass is 9.68. The zero-order chi connectivity index (χ0) is 17.8. The first-order valence-corrected chi connectivity index (χ1v) is 9.34. The molecule has 5 atom stereocenters. The van der Waals surface area contributed by atoms with Gasteiger partial charge in [-0.1, -0.05) is 12.1 Å². The van der Waals surface area contributed by atoms with Crippen LogP contribution in [0, 0.1) is 27.9 Å². The quantitative estimate of drug-likeness (QED) is 0.632. The molecular weight excluding hydrogens is 328 g/mol. The van der Waals surface area contributed by atoms with Crippen LogP contribution in [0.25, 0.3) is 0 Å². The second-order valence-electron chi connectivity index (χ2n) is 7.86. The number of anilines is 1. The molecule has 2 aliphatic carbocycles. The number of ether oxygens (including phenoxy) is 1. The Morgan fingerprint density at radius 2 is 1.88 bits per heavy atom. The maximum absolute atomic E-state index is 11.3. The average molecular weight is 350 g/mol. The van der Waals surface area contributed by atoms with Gasteiger partial charge in [-0.25, -0.2) is 0 Å². The van der Waals surface area contributed by atoms with Gasteiger partial charge in [-0.2, -0.15) is 0 Å². The summed E-state index contributed by atoms with van der Waals surface area (Å²) in [4.78, 5) is 11.0. The van der Waals surface area contributed by atoms with Crippen LogP contribution in [0.5, 0.6) is 5.75 Å². The number of benzene rings is 2. The van der Waals surface area contributed by atoms with Gasteiger partial charge in [0.05, 0.1) is 18.1 Å². The minimum atomic E-state index is -0.280. The van der Waals surface area contributed by atoms with Crippen molar-refractivity contribution >= 4 is 11.4 Å². The number of methoxy groups -OCH3 is 1. The van der Waals surface area contributed by atoms with E-state index in [2.05, 4.69) is 17.4 Å². The lowest BCUT2D eigenvalue weighted by molar-refractivity contribution is -0.384. The third-order valence-electron chi connectivity index (χ3n) is 6.76. The van der Waals surface area contributed by atoms with Crippen molar-refractivity contribution in [3.63, 3.8) is 0 Å². The summed E-state index contributed by atoms with van der Waals surface area (Å²) in [6.07, 6.45) is 3.79. The fourth-order valence-corrected chi connectivity index (χ4v) is 5.73. The summed E-state index contributed by atoms with van der Waals surface area (Å²) < 4.78 is 5.30. The Hall–Kier alpha value is -2.56. The van der Waals surface area contributed by atoms with Crippen LogP contribution >= 0.6 is 0 Å². The SMILES string of the molecule is COc1ccc([C@@H]2Nc3ccc([N+](=O)[O-])cc3[C@H]3[C@H]4CC[C@@H](C4)[C@H]32)cc1. The first-order valence-electron chi connectivity index (χ1n) is 9.34. The lowest BCUT2D eigenvalue weighted by Crippen LogP contribution is -2.35. The average Bonchev–Trinajstić information content (AvgIpc) is 3.29. The summed E-state index contributed by atoms with van der Waals surface area (Å²) >= 11 is 0. The molecule has 2 fully saturated rings. The zero-order valence-electron chi connectivity index (χ0n) is 14.7. The van der Waals surface area contributed by atoms with Crippen LogP contribution in [0.2, 0.25) is 0 Å².